The van der Waals surface area contributed by atoms with Crippen LogP contribution in [-0.4, -0.2) is 11.1 Å². The van der Waals surface area contributed by atoms with Gasteiger partial charge in [0.05, 0.1) is 6.61 Å². The SMILES string of the molecule is Cc1ccccc1C(Oc1ccc(CO)cc1)C(C)N. The third-order valence-corrected chi connectivity index (χ3v) is 3.34. The summed E-state index contributed by atoms with van der Waals surface area (Å²) in [6, 6.07) is 15.4. The summed E-state index contributed by atoms with van der Waals surface area (Å²) in [6.07, 6.45) is -0.184. The van der Waals surface area contributed by atoms with E-state index in [0.717, 1.165) is 16.9 Å². The molecule has 3 heteroatoms. The van der Waals surface area contributed by atoms with Gasteiger partial charge < -0.3 is 15.6 Å². The number of hydrogen-bond acceptors (Lipinski definition) is 3. The van der Waals surface area contributed by atoms with Crippen LogP contribution in [0.1, 0.15) is 29.7 Å². The standard InChI is InChI=1S/C17H21NO2/c1-12-5-3-4-6-16(12)17(13(2)18)20-15-9-7-14(11-19)8-10-15/h3-10,13,17,19H,11,18H2,1-2H3. The van der Waals surface area contributed by atoms with E-state index in [0.29, 0.717) is 0 Å². The van der Waals surface area contributed by atoms with Crippen molar-refractivity contribution in [3.63, 3.8) is 0 Å². The summed E-state index contributed by atoms with van der Waals surface area (Å²) in [7, 11) is 0. The maximum atomic E-state index is 9.05. The Bertz CT molecular complexity index is 549. The summed E-state index contributed by atoms with van der Waals surface area (Å²) in [6.45, 7) is 4.04. The number of benzene rings is 2. The van der Waals surface area contributed by atoms with Crippen LogP contribution in [0.4, 0.5) is 0 Å². The van der Waals surface area contributed by atoms with Gasteiger partial charge in [-0.1, -0.05) is 36.4 Å². The minimum atomic E-state index is -0.184. The zero-order valence-electron chi connectivity index (χ0n) is 11.9. The third-order valence-electron chi connectivity index (χ3n) is 3.34. The summed E-state index contributed by atoms with van der Waals surface area (Å²) in [5, 5.41) is 9.05. The van der Waals surface area contributed by atoms with E-state index in [9.17, 15) is 0 Å². The van der Waals surface area contributed by atoms with Crippen LogP contribution in [0.3, 0.4) is 0 Å². The highest BCUT2D eigenvalue weighted by molar-refractivity contribution is 5.32. The first-order chi connectivity index (χ1) is 9.61. The van der Waals surface area contributed by atoms with Crippen molar-refractivity contribution in [1.29, 1.82) is 0 Å². The molecule has 0 aliphatic rings. The van der Waals surface area contributed by atoms with E-state index < -0.39 is 0 Å². The Morgan fingerprint density at radius 1 is 1.10 bits per heavy atom. The molecule has 0 saturated heterocycles. The second kappa shape index (κ2) is 6.55. The molecule has 0 bridgehead atoms. The van der Waals surface area contributed by atoms with Crippen molar-refractivity contribution in [1.82, 2.24) is 0 Å². The van der Waals surface area contributed by atoms with Gasteiger partial charge in [-0.25, -0.2) is 0 Å². The van der Waals surface area contributed by atoms with Gasteiger partial charge in [0, 0.05) is 6.04 Å². The van der Waals surface area contributed by atoms with Gasteiger partial charge in [-0.15, -0.1) is 0 Å². The molecule has 0 saturated carbocycles. The highest BCUT2D eigenvalue weighted by Gasteiger charge is 2.19. The molecule has 0 fully saturated rings. The fourth-order valence-corrected chi connectivity index (χ4v) is 2.18. The minimum Gasteiger partial charge on any atom is -0.484 e. The molecule has 2 aromatic rings. The van der Waals surface area contributed by atoms with Gasteiger partial charge in [0.25, 0.3) is 0 Å². The Balaban J connectivity index is 2.23. The molecule has 0 heterocycles. The third kappa shape index (κ3) is 3.38. The first kappa shape index (κ1) is 14.6. The molecule has 0 aliphatic carbocycles. The fourth-order valence-electron chi connectivity index (χ4n) is 2.18. The zero-order chi connectivity index (χ0) is 14.5. The van der Waals surface area contributed by atoms with E-state index in [4.69, 9.17) is 15.6 Å². The Kier molecular flexibility index (Phi) is 4.77. The largest absolute Gasteiger partial charge is 0.484 e. The van der Waals surface area contributed by atoms with Crippen LogP contribution in [0.2, 0.25) is 0 Å². The van der Waals surface area contributed by atoms with Gasteiger partial charge in [0.2, 0.25) is 0 Å². The molecule has 0 radical (unpaired) electrons. The van der Waals surface area contributed by atoms with Crippen molar-refractivity contribution < 1.29 is 9.84 Å². The molecule has 0 spiro atoms. The zero-order valence-corrected chi connectivity index (χ0v) is 11.9. The highest BCUT2D eigenvalue weighted by Crippen LogP contribution is 2.26. The molecular weight excluding hydrogens is 250 g/mol. The summed E-state index contributed by atoms with van der Waals surface area (Å²) < 4.78 is 6.04. The molecule has 3 nitrogen and oxygen atoms in total. The molecule has 0 aliphatic heterocycles. The van der Waals surface area contributed by atoms with Crippen LogP contribution in [0.25, 0.3) is 0 Å². The molecule has 2 unspecified atom stereocenters. The molecule has 2 rings (SSSR count). The number of aliphatic hydroxyl groups excluding tert-OH is 1. The van der Waals surface area contributed by atoms with Crippen molar-refractivity contribution >= 4 is 0 Å². The van der Waals surface area contributed by atoms with Crippen molar-refractivity contribution in [3.8, 4) is 5.75 Å². The first-order valence-corrected chi connectivity index (χ1v) is 6.79. The summed E-state index contributed by atoms with van der Waals surface area (Å²) in [5.74, 6) is 0.757. The van der Waals surface area contributed by atoms with Gasteiger partial charge in [0.15, 0.2) is 0 Å². The second-order valence-electron chi connectivity index (χ2n) is 5.06. The number of aryl methyl sites for hydroxylation is 1. The minimum absolute atomic E-state index is 0.0365. The summed E-state index contributed by atoms with van der Waals surface area (Å²) in [4.78, 5) is 0. The predicted molar refractivity (Wildman–Crippen MR) is 80.6 cm³/mol. The number of ether oxygens (including phenoxy) is 1. The first-order valence-electron chi connectivity index (χ1n) is 6.79. The predicted octanol–water partition coefficient (Wildman–Crippen LogP) is 2.95. The van der Waals surface area contributed by atoms with Crippen LogP contribution < -0.4 is 10.5 Å². The van der Waals surface area contributed by atoms with Gasteiger partial charge in [-0.3, -0.25) is 0 Å². The summed E-state index contributed by atoms with van der Waals surface area (Å²) >= 11 is 0. The van der Waals surface area contributed by atoms with E-state index >= 15 is 0 Å². The van der Waals surface area contributed by atoms with Gasteiger partial charge >= 0.3 is 0 Å². The quantitative estimate of drug-likeness (QED) is 0.879. The van der Waals surface area contributed by atoms with E-state index in [1.807, 2.05) is 49.4 Å². The van der Waals surface area contributed by atoms with E-state index in [-0.39, 0.29) is 18.8 Å². The Hall–Kier alpha value is -1.84. The second-order valence-corrected chi connectivity index (χ2v) is 5.06. The van der Waals surface area contributed by atoms with E-state index in [1.54, 1.807) is 0 Å². The number of nitrogens with two attached hydrogens (primary N) is 1. The van der Waals surface area contributed by atoms with Crippen LogP contribution in [0.5, 0.6) is 5.75 Å². The van der Waals surface area contributed by atoms with Crippen molar-refractivity contribution in [2.45, 2.75) is 32.6 Å². The molecule has 106 valence electrons. The molecule has 20 heavy (non-hydrogen) atoms. The van der Waals surface area contributed by atoms with Crippen molar-refractivity contribution in [2.24, 2.45) is 5.73 Å². The van der Waals surface area contributed by atoms with Crippen molar-refractivity contribution in [2.75, 3.05) is 0 Å². The smallest absolute Gasteiger partial charge is 0.139 e. The number of aliphatic hydroxyl groups is 1. The lowest BCUT2D eigenvalue weighted by atomic mass is 9.99. The monoisotopic (exact) mass is 271 g/mol. The van der Waals surface area contributed by atoms with Gasteiger partial charge in [-0.05, 0) is 42.7 Å². The Labute approximate surface area is 120 Å². The molecule has 3 N–H and O–H groups in total. The van der Waals surface area contributed by atoms with Crippen LogP contribution in [0, 0.1) is 6.92 Å². The molecule has 0 aromatic heterocycles. The van der Waals surface area contributed by atoms with Crippen molar-refractivity contribution in [3.05, 3.63) is 65.2 Å². The highest BCUT2D eigenvalue weighted by atomic mass is 16.5. The van der Waals surface area contributed by atoms with E-state index in [2.05, 4.69) is 13.0 Å². The lowest BCUT2D eigenvalue weighted by Gasteiger charge is -2.24. The molecule has 2 aromatic carbocycles. The summed E-state index contributed by atoms with van der Waals surface area (Å²) in [5.41, 5.74) is 9.22. The lowest BCUT2D eigenvalue weighted by molar-refractivity contribution is 0.179. The van der Waals surface area contributed by atoms with Gasteiger partial charge in [-0.2, -0.15) is 0 Å². The van der Waals surface area contributed by atoms with Gasteiger partial charge in [0.1, 0.15) is 11.9 Å². The molecule has 2 atom stereocenters. The maximum Gasteiger partial charge on any atom is 0.139 e. The van der Waals surface area contributed by atoms with E-state index in [1.165, 1.54) is 5.56 Å². The topological polar surface area (TPSA) is 55.5 Å². The normalized spacial score (nSPS) is 13.8. The fraction of sp³-hybridized carbons (Fsp3) is 0.294. The maximum absolute atomic E-state index is 9.05. The average Bonchev–Trinajstić information content (AvgIpc) is 2.46. The average molecular weight is 271 g/mol. The number of rotatable bonds is 5. The number of hydrogen-bond donors (Lipinski definition) is 2. The Morgan fingerprint density at radius 3 is 2.30 bits per heavy atom. The van der Waals surface area contributed by atoms with Crippen LogP contribution in [-0.2, 0) is 6.61 Å². The van der Waals surface area contributed by atoms with Crippen LogP contribution >= 0.6 is 0 Å². The molecule has 0 amide bonds. The van der Waals surface area contributed by atoms with Crippen LogP contribution in [0.15, 0.2) is 48.5 Å². The lowest BCUT2D eigenvalue weighted by Crippen LogP contribution is -2.29. The molecular formula is C17H21NO2. The Morgan fingerprint density at radius 2 is 1.75 bits per heavy atom.